The van der Waals surface area contributed by atoms with Gasteiger partial charge in [0.2, 0.25) is 0 Å². The minimum atomic E-state index is -1.08. The lowest BCUT2D eigenvalue weighted by Crippen LogP contribution is -2.45. The van der Waals surface area contributed by atoms with Crippen molar-refractivity contribution in [2.24, 2.45) is 0 Å². The monoisotopic (exact) mass is 308 g/mol. The highest BCUT2D eigenvalue weighted by Crippen LogP contribution is 2.02. The van der Waals surface area contributed by atoms with E-state index in [2.05, 4.69) is 10.6 Å². The number of carboxylic acids is 1. The van der Waals surface area contributed by atoms with E-state index in [4.69, 9.17) is 9.84 Å². The van der Waals surface area contributed by atoms with Crippen molar-refractivity contribution in [1.29, 1.82) is 0 Å². The second-order valence-corrected chi connectivity index (χ2v) is 6.06. The van der Waals surface area contributed by atoms with Crippen LogP contribution in [0.4, 0.5) is 4.79 Å². The molecule has 122 valence electrons. The Bertz CT molecular complexity index is 483. The number of carbonyl (C=O) groups is 2. The topological polar surface area (TPSA) is 87.7 Å². The van der Waals surface area contributed by atoms with E-state index in [0.29, 0.717) is 6.54 Å². The molecule has 1 rings (SSSR count). The van der Waals surface area contributed by atoms with Gasteiger partial charge in [-0.2, -0.15) is 0 Å². The Labute approximate surface area is 130 Å². The summed E-state index contributed by atoms with van der Waals surface area (Å²) in [6.45, 7) is 6.57. The first kappa shape index (κ1) is 18.0. The molecule has 0 aromatic heterocycles. The van der Waals surface area contributed by atoms with E-state index in [1.807, 2.05) is 51.1 Å². The molecule has 0 fully saturated rings. The molecule has 1 aromatic carbocycles. The van der Waals surface area contributed by atoms with E-state index in [-0.39, 0.29) is 18.6 Å². The van der Waals surface area contributed by atoms with Crippen LogP contribution >= 0.6 is 0 Å². The van der Waals surface area contributed by atoms with Gasteiger partial charge < -0.3 is 20.5 Å². The molecule has 0 aliphatic carbocycles. The molecule has 6 nitrogen and oxygen atoms in total. The van der Waals surface area contributed by atoms with Gasteiger partial charge in [0.05, 0.1) is 0 Å². The van der Waals surface area contributed by atoms with Crippen LogP contribution in [0.3, 0.4) is 0 Å². The van der Waals surface area contributed by atoms with Crippen molar-refractivity contribution in [3.05, 3.63) is 35.9 Å². The third-order valence-electron chi connectivity index (χ3n) is 2.89. The van der Waals surface area contributed by atoms with Gasteiger partial charge >= 0.3 is 12.1 Å². The Morgan fingerprint density at radius 1 is 1.23 bits per heavy atom. The molecular weight excluding hydrogens is 284 g/mol. The Morgan fingerprint density at radius 2 is 1.86 bits per heavy atom. The van der Waals surface area contributed by atoms with Crippen LogP contribution in [0, 0.1) is 0 Å². The van der Waals surface area contributed by atoms with Crippen molar-refractivity contribution >= 4 is 12.1 Å². The summed E-state index contributed by atoms with van der Waals surface area (Å²) in [7, 11) is 0. The summed E-state index contributed by atoms with van der Waals surface area (Å²) >= 11 is 0. The number of hydrogen-bond donors (Lipinski definition) is 3. The summed E-state index contributed by atoms with van der Waals surface area (Å²) in [5, 5.41) is 14.7. The molecule has 0 bridgehead atoms. The fraction of sp³-hybridized carbons (Fsp3) is 0.500. The van der Waals surface area contributed by atoms with Crippen molar-refractivity contribution in [2.45, 2.75) is 45.4 Å². The Hall–Kier alpha value is -2.08. The molecule has 1 amide bonds. The SMILES string of the molecule is CC(C)(C)NCC[C@H](NC(=O)OCc1ccccc1)C(=O)O. The zero-order valence-corrected chi connectivity index (χ0v) is 13.3. The maximum atomic E-state index is 11.7. The normalized spacial score (nSPS) is 12.5. The zero-order chi connectivity index (χ0) is 16.6. The second kappa shape index (κ2) is 8.38. The van der Waals surface area contributed by atoms with Gasteiger partial charge in [-0.3, -0.25) is 0 Å². The first-order valence-electron chi connectivity index (χ1n) is 7.23. The van der Waals surface area contributed by atoms with Crippen LogP contribution in [0.1, 0.15) is 32.8 Å². The van der Waals surface area contributed by atoms with E-state index in [9.17, 15) is 9.59 Å². The van der Waals surface area contributed by atoms with Gasteiger partial charge in [-0.15, -0.1) is 0 Å². The second-order valence-electron chi connectivity index (χ2n) is 6.06. The standard InChI is InChI=1S/C16H24N2O4/c1-16(2,3)17-10-9-13(14(19)20)18-15(21)22-11-12-7-5-4-6-8-12/h4-8,13,17H,9-11H2,1-3H3,(H,18,21)(H,19,20)/t13-/m0/s1. The van der Waals surface area contributed by atoms with Gasteiger partial charge in [0, 0.05) is 5.54 Å². The molecule has 0 unspecified atom stereocenters. The molecule has 3 N–H and O–H groups in total. The summed E-state index contributed by atoms with van der Waals surface area (Å²) in [5.41, 5.74) is 0.746. The highest BCUT2D eigenvalue weighted by atomic mass is 16.5. The minimum Gasteiger partial charge on any atom is -0.480 e. The van der Waals surface area contributed by atoms with Crippen molar-refractivity contribution in [1.82, 2.24) is 10.6 Å². The maximum Gasteiger partial charge on any atom is 0.408 e. The smallest absolute Gasteiger partial charge is 0.408 e. The van der Waals surface area contributed by atoms with E-state index >= 15 is 0 Å². The molecular formula is C16H24N2O4. The molecule has 6 heteroatoms. The van der Waals surface area contributed by atoms with Crippen molar-refractivity contribution in [3.63, 3.8) is 0 Å². The third-order valence-corrected chi connectivity index (χ3v) is 2.89. The van der Waals surface area contributed by atoms with Gasteiger partial charge in [0.25, 0.3) is 0 Å². The van der Waals surface area contributed by atoms with E-state index in [0.717, 1.165) is 5.56 Å². The van der Waals surface area contributed by atoms with Gasteiger partial charge in [0.15, 0.2) is 0 Å². The highest BCUT2D eigenvalue weighted by Gasteiger charge is 2.21. The zero-order valence-electron chi connectivity index (χ0n) is 13.3. The van der Waals surface area contributed by atoms with Crippen molar-refractivity contribution in [3.8, 4) is 0 Å². The number of hydrogen-bond acceptors (Lipinski definition) is 4. The number of nitrogens with one attached hydrogen (secondary N) is 2. The van der Waals surface area contributed by atoms with Gasteiger partial charge in [-0.05, 0) is 39.3 Å². The number of ether oxygens (including phenoxy) is 1. The number of carbonyl (C=O) groups excluding carboxylic acids is 1. The fourth-order valence-electron chi connectivity index (χ4n) is 1.76. The quantitative estimate of drug-likeness (QED) is 0.718. The molecule has 1 aromatic rings. The van der Waals surface area contributed by atoms with E-state index in [1.54, 1.807) is 0 Å². The Balaban J connectivity index is 2.39. The van der Waals surface area contributed by atoms with Crippen LogP contribution in [-0.4, -0.2) is 35.3 Å². The predicted molar refractivity (Wildman–Crippen MR) is 83.6 cm³/mol. The predicted octanol–water partition coefficient (Wildman–Crippen LogP) is 2.14. The largest absolute Gasteiger partial charge is 0.480 e. The Morgan fingerprint density at radius 3 is 2.41 bits per heavy atom. The number of carboxylic acid groups (broad SMARTS) is 1. The number of alkyl carbamates (subject to hydrolysis) is 1. The first-order valence-corrected chi connectivity index (χ1v) is 7.23. The molecule has 0 saturated carbocycles. The van der Waals surface area contributed by atoms with Gasteiger partial charge in [0.1, 0.15) is 12.6 Å². The third kappa shape index (κ3) is 7.64. The lowest BCUT2D eigenvalue weighted by molar-refractivity contribution is -0.139. The number of amides is 1. The number of aliphatic carboxylic acids is 1. The molecule has 22 heavy (non-hydrogen) atoms. The molecule has 0 spiro atoms. The van der Waals surface area contributed by atoms with Crippen molar-refractivity contribution in [2.75, 3.05) is 6.54 Å². The number of benzene rings is 1. The summed E-state index contributed by atoms with van der Waals surface area (Å²) in [5.74, 6) is -1.08. The van der Waals surface area contributed by atoms with Crippen LogP contribution in [0.2, 0.25) is 0 Å². The molecule has 0 aliphatic rings. The summed E-state index contributed by atoms with van der Waals surface area (Å²) < 4.78 is 5.02. The minimum absolute atomic E-state index is 0.100. The Kier molecular flexibility index (Phi) is 6.85. The van der Waals surface area contributed by atoms with Crippen LogP contribution in [0.5, 0.6) is 0 Å². The summed E-state index contributed by atoms with van der Waals surface area (Å²) in [6, 6.07) is 8.23. The van der Waals surface area contributed by atoms with Crippen molar-refractivity contribution < 1.29 is 19.4 Å². The van der Waals surface area contributed by atoms with Crippen LogP contribution in [0.15, 0.2) is 30.3 Å². The molecule has 0 radical (unpaired) electrons. The summed E-state index contributed by atoms with van der Waals surface area (Å²) in [6.07, 6.45) is -0.445. The average Bonchev–Trinajstić information content (AvgIpc) is 2.43. The molecule has 0 aliphatic heterocycles. The maximum absolute atomic E-state index is 11.7. The van der Waals surface area contributed by atoms with E-state index < -0.39 is 18.1 Å². The van der Waals surface area contributed by atoms with Gasteiger partial charge in [-0.1, -0.05) is 30.3 Å². The van der Waals surface area contributed by atoms with Crippen LogP contribution in [0.25, 0.3) is 0 Å². The number of rotatable bonds is 7. The lowest BCUT2D eigenvalue weighted by atomic mass is 10.1. The average molecular weight is 308 g/mol. The lowest BCUT2D eigenvalue weighted by Gasteiger charge is -2.22. The van der Waals surface area contributed by atoms with Crippen LogP contribution in [-0.2, 0) is 16.1 Å². The first-order chi connectivity index (χ1) is 10.3. The fourth-order valence-corrected chi connectivity index (χ4v) is 1.76. The summed E-state index contributed by atoms with van der Waals surface area (Å²) in [4.78, 5) is 22.8. The molecule has 1 atom stereocenters. The molecule has 0 saturated heterocycles. The molecule has 0 heterocycles. The van der Waals surface area contributed by atoms with Crippen LogP contribution < -0.4 is 10.6 Å². The van der Waals surface area contributed by atoms with E-state index in [1.165, 1.54) is 0 Å². The van der Waals surface area contributed by atoms with Gasteiger partial charge in [-0.25, -0.2) is 9.59 Å². The highest BCUT2D eigenvalue weighted by molar-refractivity contribution is 5.79.